The number of benzene rings is 10. The van der Waals surface area contributed by atoms with E-state index in [0.717, 1.165) is 83.2 Å². The number of hydrogen-bond donors (Lipinski definition) is 0. The molecule has 67 heavy (non-hydrogen) atoms. The zero-order valence-corrected chi connectivity index (χ0v) is 37.7. The SMILES string of the molecule is CC1(C)c2ccccc2-c2c1ccc1c2oc2c(-c3ccc(N(c4ccc(-c5cccc6c5oc5ccccc56)cc4)c4ccc(-c5cccc6c5sc5ccccc56)cc4)cc3)cccc21. The third-order valence-electron chi connectivity index (χ3n) is 14.3. The highest BCUT2D eigenvalue weighted by atomic mass is 32.1. The van der Waals surface area contributed by atoms with E-state index < -0.39 is 0 Å². The summed E-state index contributed by atoms with van der Waals surface area (Å²) in [7, 11) is 0. The molecule has 3 nitrogen and oxygen atoms in total. The summed E-state index contributed by atoms with van der Waals surface area (Å²) in [5.41, 5.74) is 18.7. The molecular formula is C63H41NO2S. The van der Waals surface area contributed by atoms with Crippen molar-refractivity contribution in [1.29, 1.82) is 0 Å². The first-order valence-electron chi connectivity index (χ1n) is 23.0. The van der Waals surface area contributed by atoms with Crippen LogP contribution in [0.5, 0.6) is 0 Å². The number of furan rings is 2. The molecule has 0 N–H and O–H groups in total. The molecule has 0 saturated heterocycles. The van der Waals surface area contributed by atoms with Crippen LogP contribution >= 0.6 is 11.3 Å². The van der Waals surface area contributed by atoms with E-state index in [4.69, 9.17) is 8.83 Å². The van der Waals surface area contributed by atoms with E-state index in [1.165, 1.54) is 53.6 Å². The molecule has 4 heteroatoms. The third-order valence-corrected chi connectivity index (χ3v) is 15.5. The summed E-state index contributed by atoms with van der Waals surface area (Å²) in [6.07, 6.45) is 0. The Hall–Kier alpha value is -8.18. The minimum atomic E-state index is -0.0971. The summed E-state index contributed by atoms with van der Waals surface area (Å²) >= 11 is 1.87. The second-order valence-electron chi connectivity index (χ2n) is 18.4. The Morgan fingerprint density at radius 3 is 1.54 bits per heavy atom. The lowest BCUT2D eigenvalue weighted by Gasteiger charge is -2.26. The summed E-state index contributed by atoms with van der Waals surface area (Å²) < 4.78 is 16.1. The standard InChI is InChI=1S/C63H41NO2S/c1-63(2)54-21-6-3-14-53(54)58-55(63)37-36-51-50-19-10-16-45(60(50)66-61(51)58)39-26-32-42(33-27-39)64(41-30-24-38(25-31-41)44-15-9-18-49-47-12-4-7-22-56(47)65-59(44)49)43-34-28-40(29-35-43)46-17-11-20-52-48-13-5-8-23-57(48)67-62(46)52/h3-37H,1-2H3. The van der Waals surface area contributed by atoms with Crippen LogP contribution in [-0.2, 0) is 5.41 Å². The lowest BCUT2D eigenvalue weighted by Crippen LogP contribution is -2.14. The fourth-order valence-corrected chi connectivity index (χ4v) is 12.3. The van der Waals surface area contributed by atoms with Gasteiger partial charge < -0.3 is 13.7 Å². The van der Waals surface area contributed by atoms with E-state index in [2.05, 4.69) is 219 Å². The first-order valence-corrected chi connectivity index (χ1v) is 23.8. The van der Waals surface area contributed by atoms with Crippen LogP contribution in [0.4, 0.5) is 17.1 Å². The number of nitrogens with zero attached hydrogens (tertiary/aromatic N) is 1. The Morgan fingerprint density at radius 2 is 0.851 bits per heavy atom. The molecular weight excluding hydrogens is 835 g/mol. The molecule has 0 atom stereocenters. The van der Waals surface area contributed by atoms with Gasteiger partial charge >= 0.3 is 0 Å². The van der Waals surface area contributed by atoms with E-state index in [0.29, 0.717) is 0 Å². The van der Waals surface area contributed by atoms with Crippen LogP contribution in [0.2, 0.25) is 0 Å². The smallest absolute Gasteiger partial charge is 0.143 e. The maximum Gasteiger partial charge on any atom is 0.143 e. The molecule has 10 aromatic carbocycles. The molecule has 0 amide bonds. The molecule has 0 saturated carbocycles. The summed E-state index contributed by atoms with van der Waals surface area (Å²) in [5, 5.41) is 7.16. The van der Waals surface area contributed by atoms with Crippen LogP contribution in [0.15, 0.2) is 221 Å². The number of fused-ring (bicyclic) bond motifs is 13. The third kappa shape index (κ3) is 5.70. The van der Waals surface area contributed by atoms with Gasteiger partial charge in [-0.05, 0) is 87.5 Å². The van der Waals surface area contributed by atoms with E-state index >= 15 is 0 Å². The summed E-state index contributed by atoms with van der Waals surface area (Å²) in [6.45, 7) is 4.64. The predicted octanol–water partition coefficient (Wildman–Crippen LogP) is 18.6. The quantitative estimate of drug-likeness (QED) is 0.167. The first kappa shape index (κ1) is 38.1. The maximum atomic E-state index is 7.01. The summed E-state index contributed by atoms with van der Waals surface area (Å²) in [5.74, 6) is 0. The normalized spacial score (nSPS) is 13.0. The van der Waals surface area contributed by atoms with Crippen molar-refractivity contribution in [3.63, 3.8) is 0 Å². The molecule has 0 spiro atoms. The van der Waals surface area contributed by atoms with Crippen LogP contribution in [0.3, 0.4) is 0 Å². The van der Waals surface area contributed by atoms with Gasteiger partial charge in [-0.15, -0.1) is 11.3 Å². The van der Waals surface area contributed by atoms with Gasteiger partial charge in [-0.2, -0.15) is 0 Å². The Bertz CT molecular complexity index is 3950. The van der Waals surface area contributed by atoms with Crippen LogP contribution in [0, 0.1) is 0 Å². The van der Waals surface area contributed by atoms with Crippen molar-refractivity contribution in [2.45, 2.75) is 19.3 Å². The second kappa shape index (κ2) is 14.4. The number of hydrogen-bond acceptors (Lipinski definition) is 4. The van der Waals surface area contributed by atoms with E-state index in [1.807, 2.05) is 23.5 Å². The highest BCUT2D eigenvalue weighted by molar-refractivity contribution is 7.26. The number of para-hydroxylation sites is 3. The zero-order chi connectivity index (χ0) is 44.4. The Kier molecular flexibility index (Phi) is 8.20. The lowest BCUT2D eigenvalue weighted by atomic mass is 9.82. The highest BCUT2D eigenvalue weighted by Gasteiger charge is 2.37. The maximum absolute atomic E-state index is 7.01. The highest BCUT2D eigenvalue weighted by Crippen LogP contribution is 2.53. The average molecular weight is 876 g/mol. The van der Waals surface area contributed by atoms with Crippen LogP contribution in [-0.4, -0.2) is 0 Å². The zero-order valence-electron chi connectivity index (χ0n) is 36.9. The van der Waals surface area contributed by atoms with Crippen LogP contribution in [0.1, 0.15) is 25.0 Å². The second-order valence-corrected chi connectivity index (χ2v) is 19.4. The van der Waals surface area contributed by atoms with E-state index in [-0.39, 0.29) is 5.41 Å². The van der Waals surface area contributed by atoms with Crippen molar-refractivity contribution in [2.75, 3.05) is 4.90 Å². The molecule has 1 aliphatic rings. The van der Waals surface area contributed by atoms with E-state index in [9.17, 15) is 0 Å². The summed E-state index contributed by atoms with van der Waals surface area (Å²) in [4.78, 5) is 2.35. The lowest BCUT2D eigenvalue weighted by molar-refractivity contribution is 0.653. The van der Waals surface area contributed by atoms with Gasteiger partial charge in [0.15, 0.2) is 0 Å². The number of anilines is 3. The van der Waals surface area contributed by atoms with Gasteiger partial charge in [-0.1, -0.05) is 178 Å². The molecule has 13 aromatic rings. The molecule has 3 heterocycles. The Labute approximate surface area is 391 Å². The van der Waals surface area contributed by atoms with Gasteiger partial charge in [0.2, 0.25) is 0 Å². The van der Waals surface area contributed by atoms with Crippen LogP contribution in [0.25, 0.3) is 109 Å². The largest absolute Gasteiger partial charge is 0.455 e. The van der Waals surface area contributed by atoms with Crippen molar-refractivity contribution in [3.05, 3.63) is 223 Å². The molecule has 0 bridgehead atoms. The molecule has 0 unspecified atom stereocenters. The average Bonchev–Trinajstić information content (AvgIpc) is 4.13. The van der Waals surface area contributed by atoms with Crippen molar-refractivity contribution < 1.29 is 8.83 Å². The molecule has 1 aliphatic carbocycles. The van der Waals surface area contributed by atoms with Gasteiger partial charge in [-0.3, -0.25) is 0 Å². The predicted molar refractivity (Wildman–Crippen MR) is 282 cm³/mol. The minimum Gasteiger partial charge on any atom is -0.455 e. The Morgan fingerprint density at radius 1 is 0.358 bits per heavy atom. The van der Waals surface area contributed by atoms with Crippen molar-refractivity contribution in [1.82, 2.24) is 0 Å². The van der Waals surface area contributed by atoms with Gasteiger partial charge in [0.1, 0.15) is 22.3 Å². The molecule has 0 fully saturated rings. The van der Waals surface area contributed by atoms with E-state index in [1.54, 1.807) is 0 Å². The van der Waals surface area contributed by atoms with Crippen molar-refractivity contribution >= 4 is 92.4 Å². The number of thiophene rings is 1. The van der Waals surface area contributed by atoms with Crippen molar-refractivity contribution in [3.8, 4) is 44.5 Å². The Balaban J connectivity index is 0.874. The van der Waals surface area contributed by atoms with Gasteiger partial charge in [-0.25, -0.2) is 0 Å². The molecule has 0 aliphatic heterocycles. The fraction of sp³-hybridized carbons (Fsp3) is 0.0476. The van der Waals surface area contributed by atoms with Crippen molar-refractivity contribution in [2.24, 2.45) is 0 Å². The van der Waals surface area contributed by atoms with Crippen LogP contribution < -0.4 is 4.90 Å². The molecule has 3 aromatic heterocycles. The molecule has 316 valence electrons. The number of rotatable bonds is 6. The summed E-state index contributed by atoms with van der Waals surface area (Å²) in [6, 6.07) is 76.9. The van der Waals surface area contributed by atoms with Gasteiger partial charge in [0.25, 0.3) is 0 Å². The molecule has 14 rings (SSSR count). The first-order chi connectivity index (χ1) is 33.0. The fourth-order valence-electron chi connectivity index (χ4n) is 11.0. The monoisotopic (exact) mass is 875 g/mol. The van der Waals surface area contributed by atoms with Gasteiger partial charge in [0.05, 0.1) is 0 Å². The molecule has 0 radical (unpaired) electrons. The topological polar surface area (TPSA) is 29.5 Å². The van der Waals surface area contributed by atoms with Gasteiger partial charge in [0, 0.05) is 80.9 Å². The minimum absolute atomic E-state index is 0.0971.